The first-order chi connectivity index (χ1) is 6.20. The zero-order valence-corrected chi connectivity index (χ0v) is 8.89. The second-order valence-corrected chi connectivity index (χ2v) is 3.81. The fourth-order valence-electron chi connectivity index (χ4n) is 0.838. The summed E-state index contributed by atoms with van der Waals surface area (Å²) < 4.78 is 4.87. The number of ether oxygens (including phenoxy) is 1. The van der Waals surface area contributed by atoms with Crippen LogP contribution in [0.4, 0.5) is 0 Å². The third-order valence-electron chi connectivity index (χ3n) is 1.29. The molecule has 0 heterocycles. The predicted octanol–water partition coefficient (Wildman–Crippen LogP) is -0.137. The van der Waals surface area contributed by atoms with Gasteiger partial charge in [-0.1, -0.05) is 0 Å². The molecule has 0 aliphatic carbocycles. The molecule has 0 aromatic heterocycles. The molecule has 0 spiro atoms. The number of carbonyl (C=O) groups is 1. The highest BCUT2D eigenvalue weighted by atomic mass is 32.2. The van der Waals surface area contributed by atoms with Crippen LogP contribution in [0.25, 0.3) is 0 Å². The van der Waals surface area contributed by atoms with Gasteiger partial charge in [0.2, 0.25) is 5.91 Å². The lowest BCUT2D eigenvalue weighted by molar-refractivity contribution is -0.119. The van der Waals surface area contributed by atoms with Gasteiger partial charge in [0.1, 0.15) is 0 Å². The fraction of sp³-hybridized carbons (Fsp3) is 0.875. The van der Waals surface area contributed by atoms with Crippen molar-refractivity contribution >= 4 is 17.7 Å². The third kappa shape index (κ3) is 8.08. The topological polar surface area (TPSA) is 58.6 Å². The van der Waals surface area contributed by atoms with Crippen molar-refractivity contribution in [1.82, 2.24) is 5.32 Å². The second kappa shape index (κ2) is 8.34. The van der Waals surface area contributed by atoms with E-state index in [1.54, 1.807) is 7.11 Å². The van der Waals surface area contributed by atoms with E-state index in [0.717, 1.165) is 0 Å². The molecule has 1 unspecified atom stereocenters. The molecule has 0 aliphatic heterocycles. The maximum absolute atomic E-state index is 11.1. The van der Waals surface area contributed by atoms with Gasteiger partial charge in [0, 0.05) is 18.9 Å². The molecule has 0 bridgehead atoms. The average molecular weight is 207 g/mol. The molecule has 2 N–H and O–H groups in total. The van der Waals surface area contributed by atoms with E-state index in [1.165, 1.54) is 11.8 Å². The second-order valence-electron chi connectivity index (χ2n) is 2.70. The highest BCUT2D eigenvalue weighted by Gasteiger charge is 2.05. The van der Waals surface area contributed by atoms with Crippen LogP contribution in [0.1, 0.15) is 6.92 Å². The Morgan fingerprint density at radius 2 is 2.38 bits per heavy atom. The molecule has 1 amide bonds. The van der Waals surface area contributed by atoms with Crippen molar-refractivity contribution in [3.63, 3.8) is 0 Å². The quantitative estimate of drug-likeness (QED) is 0.571. The van der Waals surface area contributed by atoms with Gasteiger partial charge in [-0.05, 0) is 6.92 Å². The van der Waals surface area contributed by atoms with Crippen LogP contribution in [-0.2, 0) is 9.53 Å². The lowest BCUT2D eigenvalue weighted by Gasteiger charge is -2.11. The van der Waals surface area contributed by atoms with Crippen LogP contribution in [0.3, 0.4) is 0 Å². The maximum atomic E-state index is 11.1. The van der Waals surface area contributed by atoms with Gasteiger partial charge in [0.25, 0.3) is 0 Å². The van der Waals surface area contributed by atoms with Crippen LogP contribution in [0, 0.1) is 0 Å². The van der Waals surface area contributed by atoms with Crippen molar-refractivity contribution in [3.8, 4) is 0 Å². The van der Waals surface area contributed by atoms with Crippen LogP contribution in [0.2, 0.25) is 0 Å². The molecule has 0 aliphatic rings. The summed E-state index contributed by atoms with van der Waals surface area (Å²) in [7, 11) is 1.60. The number of rotatable bonds is 7. The molecule has 0 saturated heterocycles. The summed E-state index contributed by atoms with van der Waals surface area (Å²) in [5.41, 5.74) is 0. The summed E-state index contributed by atoms with van der Waals surface area (Å²) in [6.45, 7) is 2.53. The molecule has 0 aromatic carbocycles. The standard InChI is InChI=1S/C8H17NO3S/c1-7(5-12-2)9-8(11)6-13-4-3-10/h7,10H,3-6H2,1-2H3,(H,9,11). The van der Waals surface area contributed by atoms with E-state index in [4.69, 9.17) is 9.84 Å². The summed E-state index contributed by atoms with van der Waals surface area (Å²) in [6, 6.07) is 0.0484. The van der Waals surface area contributed by atoms with E-state index in [9.17, 15) is 4.79 Å². The Labute approximate surface area is 83.0 Å². The smallest absolute Gasteiger partial charge is 0.230 e. The fourth-order valence-corrected chi connectivity index (χ4v) is 1.38. The van der Waals surface area contributed by atoms with Crippen molar-refractivity contribution in [2.75, 3.05) is 31.8 Å². The van der Waals surface area contributed by atoms with E-state index in [1.807, 2.05) is 6.92 Å². The van der Waals surface area contributed by atoms with Crippen LogP contribution in [0.15, 0.2) is 0 Å². The van der Waals surface area contributed by atoms with Crippen molar-refractivity contribution in [2.45, 2.75) is 13.0 Å². The Balaban J connectivity index is 3.38. The van der Waals surface area contributed by atoms with Gasteiger partial charge in [0.15, 0.2) is 0 Å². The van der Waals surface area contributed by atoms with Gasteiger partial charge in [-0.2, -0.15) is 0 Å². The number of hydrogen-bond donors (Lipinski definition) is 2. The molecule has 13 heavy (non-hydrogen) atoms. The van der Waals surface area contributed by atoms with E-state index in [0.29, 0.717) is 18.1 Å². The monoisotopic (exact) mass is 207 g/mol. The predicted molar refractivity (Wildman–Crippen MR) is 53.9 cm³/mol. The highest BCUT2D eigenvalue weighted by molar-refractivity contribution is 7.99. The first kappa shape index (κ1) is 12.7. The molecular formula is C8H17NO3S. The van der Waals surface area contributed by atoms with Crippen molar-refractivity contribution in [1.29, 1.82) is 0 Å². The summed E-state index contributed by atoms with van der Waals surface area (Å²) in [5.74, 6) is 0.990. The first-order valence-electron chi connectivity index (χ1n) is 4.17. The van der Waals surface area contributed by atoms with Crippen LogP contribution in [0.5, 0.6) is 0 Å². The number of hydrogen-bond acceptors (Lipinski definition) is 4. The minimum absolute atomic E-state index is 0.0111. The lowest BCUT2D eigenvalue weighted by atomic mass is 10.3. The Morgan fingerprint density at radius 3 is 2.92 bits per heavy atom. The Bertz CT molecular complexity index is 143. The molecule has 1 atom stereocenters. The minimum atomic E-state index is -0.0111. The molecule has 0 fully saturated rings. The Kier molecular flexibility index (Phi) is 8.18. The largest absolute Gasteiger partial charge is 0.396 e. The summed E-state index contributed by atoms with van der Waals surface area (Å²) >= 11 is 1.42. The van der Waals surface area contributed by atoms with E-state index >= 15 is 0 Å². The van der Waals surface area contributed by atoms with Crippen molar-refractivity contribution in [2.24, 2.45) is 0 Å². The van der Waals surface area contributed by atoms with Gasteiger partial charge in [-0.15, -0.1) is 11.8 Å². The van der Waals surface area contributed by atoms with Crippen LogP contribution < -0.4 is 5.32 Å². The highest BCUT2D eigenvalue weighted by Crippen LogP contribution is 1.97. The zero-order valence-electron chi connectivity index (χ0n) is 8.08. The molecule has 0 radical (unpaired) electrons. The normalized spacial score (nSPS) is 12.5. The number of nitrogens with one attached hydrogen (secondary N) is 1. The number of carbonyl (C=O) groups excluding carboxylic acids is 1. The molecule has 0 aromatic rings. The van der Waals surface area contributed by atoms with Gasteiger partial charge < -0.3 is 15.2 Å². The van der Waals surface area contributed by atoms with Gasteiger partial charge >= 0.3 is 0 Å². The Hall–Kier alpha value is -0.260. The molecule has 5 heteroatoms. The number of methoxy groups -OCH3 is 1. The van der Waals surface area contributed by atoms with Gasteiger partial charge in [-0.25, -0.2) is 0 Å². The van der Waals surface area contributed by atoms with Crippen LogP contribution >= 0.6 is 11.8 Å². The van der Waals surface area contributed by atoms with Crippen LogP contribution in [-0.4, -0.2) is 48.9 Å². The maximum Gasteiger partial charge on any atom is 0.230 e. The van der Waals surface area contributed by atoms with Gasteiger partial charge in [0.05, 0.1) is 19.0 Å². The first-order valence-corrected chi connectivity index (χ1v) is 5.33. The summed E-state index contributed by atoms with van der Waals surface area (Å²) in [5, 5.41) is 11.2. The molecule has 78 valence electrons. The molecular weight excluding hydrogens is 190 g/mol. The molecule has 4 nitrogen and oxygen atoms in total. The van der Waals surface area contributed by atoms with E-state index in [2.05, 4.69) is 5.32 Å². The SMILES string of the molecule is COCC(C)NC(=O)CSCCO. The summed E-state index contributed by atoms with van der Waals surface area (Å²) in [4.78, 5) is 11.1. The van der Waals surface area contributed by atoms with Crippen molar-refractivity contribution in [3.05, 3.63) is 0 Å². The Morgan fingerprint density at radius 1 is 1.69 bits per heavy atom. The number of thioether (sulfide) groups is 1. The third-order valence-corrected chi connectivity index (χ3v) is 2.23. The minimum Gasteiger partial charge on any atom is -0.396 e. The molecule has 0 saturated carbocycles. The van der Waals surface area contributed by atoms with E-state index < -0.39 is 0 Å². The van der Waals surface area contributed by atoms with Gasteiger partial charge in [-0.3, -0.25) is 4.79 Å². The van der Waals surface area contributed by atoms with E-state index in [-0.39, 0.29) is 18.6 Å². The number of aliphatic hydroxyl groups is 1. The van der Waals surface area contributed by atoms with Crippen molar-refractivity contribution < 1.29 is 14.6 Å². The zero-order chi connectivity index (χ0) is 10.1. The summed E-state index contributed by atoms with van der Waals surface area (Å²) in [6.07, 6.45) is 0. The number of amides is 1. The lowest BCUT2D eigenvalue weighted by Crippen LogP contribution is -2.36. The number of aliphatic hydroxyl groups excluding tert-OH is 1. The average Bonchev–Trinajstić information content (AvgIpc) is 2.05. The molecule has 0 rings (SSSR count).